The molecule has 32 heavy (non-hydrogen) atoms. The first kappa shape index (κ1) is 24.8. The standard InChI is InChI=1S/C20H21NO.C4H6O6/c1-21-19(17-9-3-2-4-10-17)14-15-22-20-13-7-11-16-8-5-6-12-18(16)20;5-1(3(7)8)2(6)4(9)10/h2-13,19,21H,14-15H2,1H3;1-2,5-6H,(H,7,8)(H,9,10). The van der Waals surface area contributed by atoms with Gasteiger partial charge in [-0.1, -0.05) is 66.7 Å². The van der Waals surface area contributed by atoms with E-state index in [0.717, 1.165) is 12.2 Å². The van der Waals surface area contributed by atoms with Gasteiger partial charge in [0.15, 0.2) is 12.2 Å². The molecule has 0 amide bonds. The van der Waals surface area contributed by atoms with E-state index in [4.69, 9.17) is 25.2 Å². The highest BCUT2D eigenvalue weighted by atomic mass is 16.5. The lowest BCUT2D eigenvalue weighted by atomic mass is 10.0. The van der Waals surface area contributed by atoms with Crippen molar-refractivity contribution in [2.75, 3.05) is 13.7 Å². The molecule has 0 bridgehead atoms. The lowest BCUT2D eigenvalue weighted by molar-refractivity contribution is -0.165. The van der Waals surface area contributed by atoms with Crippen molar-refractivity contribution in [1.29, 1.82) is 0 Å². The Morgan fingerprint density at radius 3 is 2.00 bits per heavy atom. The average molecular weight is 441 g/mol. The van der Waals surface area contributed by atoms with Crippen molar-refractivity contribution in [2.24, 2.45) is 0 Å². The topological polar surface area (TPSA) is 136 Å². The minimum Gasteiger partial charge on any atom is -0.493 e. The summed E-state index contributed by atoms with van der Waals surface area (Å²) < 4.78 is 6.03. The minimum atomic E-state index is -2.27. The summed E-state index contributed by atoms with van der Waals surface area (Å²) in [5.41, 5.74) is 1.30. The molecule has 0 aliphatic carbocycles. The van der Waals surface area contributed by atoms with Crippen LogP contribution in [0.2, 0.25) is 0 Å². The van der Waals surface area contributed by atoms with Gasteiger partial charge in [-0.15, -0.1) is 0 Å². The van der Waals surface area contributed by atoms with Gasteiger partial charge in [-0.3, -0.25) is 0 Å². The zero-order chi connectivity index (χ0) is 23.5. The number of ether oxygens (including phenoxy) is 1. The minimum absolute atomic E-state index is 0.316. The van der Waals surface area contributed by atoms with E-state index >= 15 is 0 Å². The number of hydrogen-bond donors (Lipinski definition) is 5. The van der Waals surface area contributed by atoms with Crippen molar-refractivity contribution >= 4 is 22.7 Å². The van der Waals surface area contributed by atoms with Crippen molar-refractivity contribution in [1.82, 2.24) is 5.32 Å². The Hall–Kier alpha value is -3.46. The maximum atomic E-state index is 9.77. The number of aliphatic carboxylic acids is 2. The third-order valence-electron chi connectivity index (χ3n) is 4.77. The molecular weight excluding hydrogens is 414 g/mol. The second-order valence-electron chi connectivity index (χ2n) is 6.93. The van der Waals surface area contributed by atoms with E-state index < -0.39 is 24.1 Å². The number of rotatable bonds is 9. The number of carboxylic acids is 2. The molecule has 5 N–H and O–H groups in total. The first-order valence-electron chi connectivity index (χ1n) is 9.99. The summed E-state index contributed by atoms with van der Waals surface area (Å²) in [5, 5.41) is 38.3. The first-order valence-corrected chi connectivity index (χ1v) is 9.99. The lowest BCUT2D eigenvalue weighted by Gasteiger charge is -2.17. The molecule has 0 fully saturated rings. The number of nitrogens with one attached hydrogen (secondary N) is 1. The van der Waals surface area contributed by atoms with E-state index in [2.05, 4.69) is 59.9 Å². The molecule has 8 nitrogen and oxygen atoms in total. The Bertz CT molecular complexity index is 986. The van der Waals surface area contributed by atoms with Crippen LogP contribution < -0.4 is 10.1 Å². The van der Waals surface area contributed by atoms with Gasteiger partial charge in [-0.05, 0) is 24.1 Å². The number of fused-ring (bicyclic) bond motifs is 1. The molecular formula is C24H27NO7. The molecule has 3 atom stereocenters. The monoisotopic (exact) mass is 441 g/mol. The summed E-state index contributed by atoms with van der Waals surface area (Å²) in [4.78, 5) is 19.5. The van der Waals surface area contributed by atoms with Crippen LogP contribution in [-0.2, 0) is 9.59 Å². The Labute approximate surface area is 185 Å². The van der Waals surface area contributed by atoms with E-state index in [-0.39, 0.29) is 0 Å². The summed E-state index contributed by atoms with van der Waals surface area (Å²) in [5.74, 6) is -2.58. The van der Waals surface area contributed by atoms with Crippen molar-refractivity contribution in [3.8, 4) is 5.75 Å². The molecule has 0 heterocycles. The van der Waals surface area contributed by atoms with Gasteiger partial charge in [0.2, 0.25) is 0 Å². The van der Waals surface area contributed by atoms with Crippen LogP contribution in [0.25, 0.3) is 10.8 Å². The molecule has 3 aromatic rings. The second kappa shape index (κ2) is 12.4. The Kier molecular flexibility index (Phi) is 9.62. The van der Waals surface area contributed by atoms with E-state index in [1.807, 2.05) is 25.2 Å². The van der Waals surface area contributed by atoms with Crippen LogP contribution in [-0.4, -0.2) is 58.2 Å². The van der Waals surface area contributed by atoms with Crippen LogP contribution in [0.4, 0.5) is 0 Å². The van der Waals surface area contributed by atoms with Crippen LogP contribution in [0.1, 0.15) is 18.0 Å². The fourth-order valence-corrected chi connectivity index (χ4v) is 3.04. The predicted molar refractivity (Wildman–Crippen MR) is 120 cm³/mol. The molecule has 3 rings (SSSR count). The smallest absolute Gasteiger partial charge is 0.335 e. The van der Waals surface area contributed by atoms with Crippen LogP contribution >= 0.6 is 0 Å². The molecule has 3 unspecified atom stereocenters. The largest absolute Gasteiger partial charge is 0.493 e. The lowest BCUT2D eigenvalue weighted by Crippen LogP contribution is -2.39. The number of aliphatic hydroxyl groups excluding tert-OH is 2. The van der Waals surface area contributed by atoms with Gasteiger partial charge in [0.1, 0.15) is 5.75 Å². The SMILES string of the molecule is CNC(CCOc1cccc2ccccc12)c1ccccc1.O=C(O)C(O)C(O)C(=O)O. The van der Waals surface area contributed by atoms with Crippen LogP contribution in [0, 0.1) is 0 Å². The van der Waals surface area contributed by atoms with Gasteiger partial charge < -0.3 is 30.5 Å². The van der Waals surface area contributed by atoms with Crippen LogP contribution in [0.3, 0.4) is 0 Å². The average Bonchev–Trinajstić information content (AvgIpc) is 2.81. The third-order valence-corrected chi connectivity index (χ3v) is 4.77. The number of carbonyl (C=O) groups is 2. The molecule has 0 saturated heterocycles. The quantitative estimate of drug-likeness (QED) is 0.342. The van der Waals surface area contributed by atoms with Gasteiger partial charge in [0, 0.05) is 17.8 Å². The molecule has 170 valence electrons. The highest BCUT2D eigenvalue weighted by Gasteiger charge is 2.29. The molecule has 0 aliphatic heterocycles. The van der Waals surface area contributed by atoms with Gasteiger partial charge in [0.05, 0.1) is 6.61 Å². The Morgan fingerprint density at radius 2 is 1.41 bits per heavy atom. The van der Waals surface area contributed by atoms with E-state index in [0.29, 0.717) is 12.6 Å². The number of hydrogen-bond acceptors (Lipinski definition) is 6. The summed E-state index contributed by atoms with van der Waals surface area (Å²) in [6.45, 7) is 0.689. The predicted octanol–water partition coefficient (Wildman–Crippen LogP) is 2.45. The zero-order valence-electron chi connectivity index (χ0n) is 17.6. The Balaban J connectivity index is 0.000000309. The maximum absolute atomic E-state index is 9.77. The van der Waals surface area contributed by atoms with E-state index in [1.54, 1.807) is 0 Å². The second-order valence-corrected chi connectivity index (χ2v) is 6.93. The Morgan fingerprint density at radius 1 is 0.844 bits per heavy atom. The third kappa shape index (κ3) is 7.05. The summed E-state index contributed by atoms with van der Waals surface area (Å²) >= 11 is 0. The highest BCUT2D eigenvalue weighted by Crippen LogP contribution is 2.26. The summed E-state index contributed by atoms with van der Waals surface area (Å²) in [6, 6.07) is 25.3. The molecule has 0 aliphatic rings. The number of carboxylic acid groups (broad SMARTS) is 2. The molecule has 0 saturated carbocycles. The number of aliphatic hydroxyl groups is 2. The fourth-order valence-electron chi connectivity index (χ4n) is 3.04. The van der Waals surface area contributed by atoms with Crippen molar-refractivity contribution < 1.29 is 34.8 Å². The maximum Gasteiger partial charge on any atom is 0.335 e. The van der Waals surface area contributed by atoms with Crippen molar-refractivity contribution in [2.45, 2.75) is 24.7 Å². The van der Waals surface area contributed by atoms with Crippen LogP contribution in [0.5, 0.6) is 5.75 Å². The first-order chi connectivity index (χ1) is 15.3. The normalized spacial score (nSPS) is 13.3. The fraction of sp³-hybridized carbons (Fsp3) is 0.250. The highest BCUT2D eigenvalue weighted by molar-refractivity contribution is 5.88. The molecule has 0 radical (unpaired) electrons. The molecule has 0 spiro atoms. The molecule has 3 aromatic carbocycles. The van der Waals surface area contributed by atoms with Crippen LogP contribution in [0.15, 0.2) is 72.8 Å². The molecule has 0 aromatic heterocycles. The van der Waals surface area contributed by atoms with Crippen molar-refractivity contribution in [3.05, 3.63) is 78.4 Å². The van der Waals surface area contributed by atoms with E-state index in [9.17, 15) is 9.59 Å². The zero-order valence-corrected chi connectivity index (χ0v) is 17.6. The van der Waals surface area contributed by atoms with Gasteiger partial charge in [0.25, 0.3) is 0 Å². The van der Waals surface area contributed by atoms with Gasteiger partial charge >= 0.3 is 11.9 Å². The summed E-state index contributed by atoms with van der Waals surface area (Å²) in [7, 11) is 2.00. The summed E-state index contributed by atoms with van der Waals surface area (Å²) in [6.07, 6.45) is -3.60. The van der Waals surface area contributed by atoms with E-state index in [1.165, 1.54) is 16.3 Å². The molecule has 8 heteroatoms. The number of benzene rings is 3. The van der Waals surface area contributed by atoms with Crippen molar-refractivity contribution in [3.63, 3.8) is 0 Å². The van der Waals surface area contributed by atoms with Gasteiger partial charge in [-0.2, -0.15) is 0 Å². The van der Waals surface area contributed by atoms with Gasteiger partial charge in [-0.25, -0.2) is 9.59 Å².